The lowest BCUT2D eigenvalue weighted by atomic mass is 10.2. The van der Waals surface area contributed by atoms with Crippen LogP contribution < -0.4 is 24.6 Å². The maximum atomic E-state index is 12.9. The molecule has 8 nitrogen and oxygen atoms in total. The Hall–Kier alpha value is -3.81. The number of hydrogen-bond acceptors (Lipinski definition) is 7. The molecule has 1 aliphatic rings. The van der Waals surface area contributed by atoms with Crippen molar-refractivity contribution in [2.24, 2.45) is 0 Å². The number of aromatic nitrogens is 2. The molecule has 0 unspecified atom stereocenters. The molecule has 3 aromatic rings. The standard InChI is InChI=1S/C23H25N5O3/c1-27-15-21(29)28(17-8-10-18(30-2)11-9-17)14-20-22(25-16-26-23(20)27)24-12-13-31-19-6-4-3-5-7-19/h3-11,16H,12-15H2,1-2H3,(H,24,25,26). The minimum Gasteiger partial charge on any atom is -0.497 e. The summed E-state index contributed by atoms with van der Waals surface area (Å²) < 4.78 is 11.0. The van der Waals surface area contributed by atoms with Gasteiger partial charge < -0.3 is 24.6 Å². The molecule has 8 heteroatoms. The van der Waals surface area contributed by atoms with E-state index in [1.165, 1.54) is 6.33 Å². The molecule has 160 valence electrons. The maximum absolute atomic E-state index is 12.9. The second-order valence-electron chi connectivity index (χ2n) is 7.15. The van der Waals surface area contributed by atoms with E-state index in [1.807, 2.05) is 66.5 Å². The molecule has 2 heterocycles. The van der Waals surface area contributed by atoms with Gasteiger partial charge in [0.15, 0.2) is 0 Å². The Kier molecular flexibility index (Phi) is 6.16. The van der Waals surface area contributed by atoms with Crippen LogP contribution in [0.2, 0.25) is 0 Å². The lowest BCUT2D eigenvalue weighted by molar-refractivity contribution is -0.117. The number of carbonyl (C=O) groups is 1. The first-order chi connectivity index (χ1) is 15.2. The zero-order valence-corrected chi connectivity index (χ0v) is 17.6. The van der Waals surface area contributed by atoms with Crippen LogP contribution in [-0.4, -0.2) is 49.7 Å². The third-order valence-electron chi connectivity index (χ3n) is 5.06. The van der Waals surface area contributed by atoms with E-state index < -0.39 is 0 Å². The average Bonchev–Trinajstić information content (AvgIpc) is 2.93. The monoisotopic (exact) mass is 419 g/mol. The van der Waals surface area contributed by atoms with E-state index >= 15 is 0 Å². The van der Waals surface area contributed by atoms with Crippen LogP contribution in [0.1, 0.15) is 5.56 Å². The van der Waals surface area contributed by atoms with Crippen molar-refractivity contribution < 1.29 is 14.3 Å². The van der Waals surface area contributed by atoms with E-state index in [4.69, 9.17) is 9.47 Å². The summed E-state index contributed by atoms with van der Waals surface area (Å²) >= 11 is 0. The topological polar surface area (TPSA) is 79.8 Å². The number of ether oxygens (including phenoxy) is 2. The number of para-hydroxylation sites is 1. The predicted octanol–water partition coefficient (Wildman–Crippen LogP) is 2.96. The van der Waals surface area contributed by atoms with Crippen molar-refractivity contribution >= 4 is 23.2 Å². The van der Waals surface area contributed by atoms with Gasteiger partial charge in [0.2, 0.25) is 5.91 Å². The molecule has 1 aromatic heterocycles. The number of amides is 1. The first-order valence-electron chi connectivity index (χ1n) is 10.1. The largest absolute Gasteiger partial charge is 0.497 e. The molecule has 0 aliphatic carbocycles. The number of nitrogens with one attached hydrogen (secondary N) is 1. The highest BCUT2D eigenvalue weighted by Crippen LogP contribution is 2.30. The molecule has 4 rings (SSSR count). The van der Waals surface area contributed by atoms with E-state index in [1.54, 1.807) is 12.0 Å². The van der Waals surface area contributed by atoms with Crippen LogP contribution in [0.5, 0.6) is 11.5 Å². The Balaban J connectivity index is 1.52. The van der Waals surface area contributed by atoms with Gasteiger partial charge in [-0.15, -0.1) is 0 Å². The fraction of sp³-hybridized carbons (Fsp3) is 0.261. The summed E-state index contributed by atoms with van der Waals surface area (Å²) in [6.07, 6.45) is 1.52. The Morgan fingerprint density at radius 1 is 1.00 bits per heavy atom. The second kappa shape index (κ2) is 9.34. The molecule has 0 atom stereocenters. The molecular formula is C23H25N5O3. The summed E-state index contributed by atoms with van der Waals surface area (Å²) in [4.78, 5) is 25.4. The summed E-state index contributed by atoms with van der Waals surface area (Å²) in [5.74, 6) is 2.99. The van der Waals surface area contributed by atoms with Gasteiger partial charge in [-0.2, -0.15) is 0 Å². The Bertz CT molecular complexity index is 1030. The number of benzene rings is 2. The lowest BCUT2D eigenvalue weighted by Crippen LogP contribution is -2.35. The SMILES string of the molecule is COc1ccc(N2Cc3c(NCCOc4ccccc4)ncnc3N(C)CC2=O)cc1. The van der Waals surface area contributed by atoms with Gasteiger partial charge >= 0.3 is 0 Å². The zero-order valence-electron chi connectivity index (χ0n) is 17.6. The fourth-order valence-electron chi connectivity index (χ4n) is 3.49. The molecule has 1 aliphatic heterocycles. The van der Waals surface area contributed by atoms with Crippen molar-refractivity contribution in [2.75, 3.05) is 49.0 Å². The molecular weight excluding hydrogens is 394 g/mol. The molecule has 1 N–H and O–H groups in total. The number of likely N-dealkylation sites (N-methyl/N-ethyl adjacent to an activating group) is 1. The Morgan fingerprint density at radius 2 is 1.77 bits per heavy atom. The van der Waals surface area contributed by atoms with Gasteiger partial charge in [0.1, 0.15) is 36.1 Å². The molecule has 31 heavy (non-hydrogen) atoms. The number of nitrogens with zero attached hydrogens (tertiary/aromatic N) is 4. The van der Waals surface area contributed by atoms with E-state index in [0.717, 1.165) is 28.6 Å². The normalized spacial score (nSPS) is 13.4. The van der Waals surface area contributed by atoms with Crippen molar-refractivity contribution in [1.82, 2.24) is 9.97 Å². The molecule has 0 bridgehead atoms. The summed E-state index contributed by atoms with van der Waals surface area (Å²) in [5.41, 5.74) is 1.67. The van der Waals surface area contributed by atoms with Crippen LogP contribution in [0.4, 0.5) is 17.3 Å². The molecule has 0 saturated heterocycles. The van der Waals surface area contributed by atoms with Crippen LogP contribution in [0.3, 0.4) is 0 Å². The molecule has 0 radical (unpaired) electrons. The van der Waals surface area contributed by atoms with Crippen LogP contribution in [0.15, 0.2) is 60.9 Å². The lowest BCUT2D eigenvalue weighted by Gasteiger charge is -2.22. The van der Waals surface area contributed by atoms with Gasteiger partial charge in [-0.05, 0) is 36.4 Å². The molecule has 0 spiro atoms. The van der Waals surface area contributed by atoms with Crippen molar-refractivity contribution in [1.29, 1.82) is 0 Å². The van der Waals surface area contributed by atoms with Gasteiger partial charge in [-0.25, -0.2) is 9.97 Å². The van der Waals surface area contributed by atoms with E-state index in [0.29, 0.717) is 25.5 Å². The number of hydrogen-bond donors (Lipinski definition) is 1. The van der Waals surface area contributed by atoms with Crippen LogP contribution in [0, 0.1) is 0 Å². The molecule has 0 fully saturated rings. The molecule has 0 saturated carbocycles. The third-order valence-corrected chi connectivity index (χ3v) is 5.06. The smallest absolute Gasteiger partial charge is 0.246 e. The van der Waals surface area contributed by atoms with E-state index in [-0.39, 0.29) is 12.5 Å². The molecule has 2 aromatic carbocycles. The number of carbonyl (C=O) groups excluding carboxylic acids is 1. The van der Waals surface area contributed by atoms with Crippen molar-refractivity contribution in [3.8, 4) is 11.5 Å². The van der Waals surface area contributed by atoms with Crippen LogP contribution in [-0.2, 0) is 11.3 Å². The minimum absolute atomic E-state index is 0.0102. The number of anilines is 3. The number of methoxy groups -OCH3 is 1. The van der Waals surface area contributed by atoms with Gasteiger partial charge in [0.05, 0.1) is 32.3 Å². The molecule has 1 amide bonds. The summed E-state index contributed by atoms with van der Waals surface area (Å²) in [5, 5.41) is 3.34. The summed E-state index contributed by atoms with van der Waals surface area (Å²) in [6, 6.07) is 17.1. The van der Waals surface area contributed by atoms with E-state index in [2.05, 4.69) is 15.3 Å². The quantitative estimate of drug-likeness (QED) is 0.590. The van der Waals surface area contributed by atoms with Crippen molar-refractivity contribution in [3.05, 3.63) is 66.5 Å². The number of rotatable bonds is 7. The van der Waals surface area contributed by atoms with Gasteiger partial charge in [-0.3, -0.25) is 4.79 Å². The van der Waals surface area contributed by atoms with Crippen LogP contribution >= 0.6 is 0 Å². The Morgan fingerprint density at radius 3 is 2.52 bits per heavy atom. The van der Waals surface area contributed by atoms with Crippen molar-refractivity contribution in [2.45, 2.75) is 6.54 Å². The highest BCUT2D eigenvalue weighted by Gasteiger charge is 2.28. The fourth-order valence-corrected chi connectivity index (χ4v) is 3.49. The maximum Gasteiger partial charge on any atom is 0.246 e. The minimum atomic E-state index is -0.0102. The van der Waals surface area contributed by atoms with Crippen LogP contribution in [0.25, 0.3) is 0 Å². The highest BCUT2D eigenvalue weighted by atomic mass is 16.5. The summed E-state index contributed by atoms with van der Waals surface area (Å²) in [7, 11) is 3.48. The first kappa shape index (κ1) is 20.5. The van der Waals surface area contributed by atoms with Crippen molar-refractivity contribution in [3.63, 3.8) is 0 Å². The average molecular weight is 419 g/mol. The Labute approximate surface area is 181 Å². The van der Waals surface area contributed by atoms with Gasteiger partial charge in [0, 0.05) is 12.7 Å². The van der Waals surface area contributed by atoms with Gasteiger partial charge in [-0.1, -0.05) is 18.2 Å². The first-order valence-corrected chi connectivity index (χ1v) is 10.1. The summed E-state index contributed by atoms with van der Waals surface area (Å²) in [6.45, 7) is 1.65. The highest BCUT2D eigenvalue weighted by molar-refractivity contribution is 5.97. The van der Waals surface area contributed by atoms with Gasteiger partial charge in [0.25, 0.3) is 0 Å². The number of fused-ring (bicyclic) bond motifs is 1. The second-order valence-corrected chi connectivity index (χ2v) is 7.15. The zero-order chi connectivity index (χ0) is 21.6. The third kappa shape index (κ3) is 4.69. The van der Waals surface area contributed by atoms with E-state index in [9.17, 15) is 4.79 Å². The predicted molar refractivity (Wildman–Crippen MR) is 120 cm³/mol.